The monoisotopic (exact) mass is 249 g/mol. The molecule has 98 valence electrons. The van der Waals surface area contributed by atoms with Gasteiger partial charge in [0.05, 0.1) is 12.1 Å². The maximum absolute atomic E-state index is 5.58. The lowest BCUT2D eigenvalue weighted by Gasteiger charge is -2.15. The Labute approximate surface area is 107 Å². The van der Waals surface area contributed by atoms with Crippen LogP contribution in [0.15, 0.2) is 21.1 Å². The highest BCUT2D eigenvalue weighted by Gasteiger charge is 2.18. The summed E-state index contributed by atoms with van der Waals surface area (Å²) < 4.78 is 10.8. The van der Waals surface area contributed by atoms with Crippen molar-refractivity contribution in [2.75, 3.05) is 0 Å². The Morgan fingerprint density at radius 3 is 2.61 bits per heavy atom. The predicted octanol–water partition coefficient (Wildman–Crippen LogP) is 2.95. The number of hydrogen-bond donors (Lipinski definition) is 1. The third kappa shape index (κ3) is 2.79. The smallest absolute Gasteiger partial charge is 0.243 e. The molecule has 0 unspecified atom stereocenters. The molecular weight excluding hydrogens is 230 g/mol. The fraction of sp³-hybridized carbons (Fsp3) is 0.538. The van der Waals surface area contributed by atoms with Crippen molar-refractivity contribution < 1.29 is 8.94 Å². The molecular formula is C13H19N3O2. The molecule has 0 aromatic carbocycles. The van der Waals surface area contributed by atoms with Gasteiger partial charge in [0.1, 0.15) is 11.5 Å². The topological polar surface area (TPSA) is 64.1 Å². The summed E-state index contributed by atoms with van der Waals surface area (Å²) in [5, 5.41) is 7.26. The number of furan rings is 1. The summed E-state index contributed by atoms with van der Waals surface area (Å²) in [7, 11) is 0. The number of hydrogen-bond acceptors (Lipinski definition) is 5. The maximum atomic E-state index is 5.58. The number of aromatic nitrogens is 2. The lowest BCUT2D eigenvalue weighted by molar-refractivity contribution is 0.313. The Bertz CT molecular complexity index is 504. The Hall–Kier alpha value is -1.62. The number of nitrogens with one attached hydrogen (secondary N) is 1. The summed E-state index contributed by atoms with van der Waals surface area (Å²) in [6.07, 6.45) is 0.781. The summed E-state index contributed by atoms with van der Waals surface area (Å²) >= 11 is 0. The van der Waals surface area contributed by atoms with Crippen LogP contribution in [0.2, 0.25) is 0 Å². The Morgan fingerprint density at radius 1 is 1.28 bits per heavy atom. The fourth-order valence-electron chi connectivity index (χ4n) is 1.80. The van der Waals surface area contributed by atoms with Crippen LogP contribution in [0, 0.1) is 6.92 Å². The van der Waals surface area contributed by atoms with Gasteiger partial charge < -0.3 is 8.94 Å². The van der Waals surface area contributed by atoms with Gasteiger partial charge in [0, 0.05) is 6.42 Å². The summed E-state index contributed by atoms with van der Waals surface area (Å²) in [6.45, 7) is 7.98. The summed E-state index contributed by atoms with van der Waals surface area (Å²) in [6, 6.07) is 4.04. The summed E-state index contributed by atoms with van der Waals surface area (Å²) in [4.78, 5) is 4.31. The Kier molecular flexibility index (Phi) is 3.81. The average Bonchev–Trinajstić information content (AvgIpc) is 2.97. The molecule has 2 rings (SSSR count). The van der Waals surface area contributed by atoms with Crippen LogP contribution in [-0.2, 0) is 6.42 Å². The van der Waals surface area contributed by atoms with Crippen LogP contribution in [0.3, 0.4) is 0 Å². The highest BCUT2D eigenvalue weighted by molar-refractivity contribution is 5.09. The van der Waals surface area contributed by atoms with Crippen molar-refractivity contribution in [3.05, 3.63) is 35.4 Å². The lowest BCUT2D eigenvalue weighted by Crippen LogP contribution is -2.22. The zero-order valence-corrected chi connectivity index (χ0v) is 11.2. The molecule has 18 heavy (non-hydrogen) atoms. The molecule has 0 fully saturated rings. The van der Waals surface area contributed by atoms with Crippen molar-refractivity contribution in [1.82, 2.24) is 15.5 Å². The quantitative estimate of drug-likeness (QED) is 0.882. The molecule has 0 saturated heterocycles. The van der Waals surface area contributed by atoms with Crippen LogP contribution in [0.25, 0.3) is 0 Å². The van der Waals surface area contributed by atoms with Crippen LogP contribution < -0.4 is 5.32 Å². The first-order valence-corrected chi connectivity index (χ1v) is 6.25. The minimum Gasteiger partial charge on any atom is -0.465 e. The van der Waals surface area contributed by atoms with E-state index in [2.05, 4.69) is 15.5 Å². The van der Waals surface area contributed by atoms with Crippen LogP contribution in [0.5, 0.6) is 0 Å². The van der Waals surface area contributed by atoms with E-state index < -0.39 is 0 Å². The second-order valence-electron chi connectivity index (χ2n) is 4.46. The van der Waals surface area contributed by atoms with Gasteiger partial charge in [-0.05, 0) is 32.9 Å². The van der Waals surface area contributed by atoms with Gasteiger partial charge in [-0.2, -0.15) is 4.98 Å². The first-order valence-electron chi connectivity index (χ1n) is 6.25. The van der Waals surface area contributed by atoms with Crippen molar-refractivity contribution in [3.63, 3.8) is 0 Å². The van der Waals surface area contributed by atoms with E-state index >= 15 is 0 Å². The van der Waals surface area contributed by atoms with E-state index in [-0.39, 0.29) is 12.1 Å². The SMILES string of the molecule is CCc1noc([C@@H](C)N[C@H](C)c2ccc(C)o2)n1. The second kappa shape index (κ2) is 5.35. The largest absolute Gasteiger partial charge is 0.465 e. The van der Waals surface area contributed by atoms with Crippen LogP contribution in [0.4, 0.5) is 0 Å². The van der Waals surface area contributed by atoms with E-state index in [1.807, 2.05) is 39.8 Å². The Morgan fingerprint density at radius 2 is 2.06 bits per heavy atom. The molecule has 0 amide bonds. The van der Waals surface area contributed by atoms with E-state index in [0.717, 1.165) is 23.8 Å². The minimum absolute atomic E-state index is 0.00166. The normalized spacial score (nSPS) is 14.7. The zero-order valence-electron chi connectivity index (χ0n) is 11.2. The average molecular weight is 249 g/mol. The molecule has 0 aliphatic carbocycles. The molecule has 2 aromatic rings. The van der Waals surface area contributed by atoms with E-state index in [1.165, 1.54) is 0 Å². The van der Waals surface area contributed by atoms with Gasteiger partial charge in [0.2, 0.25) is 5.89 Å². The van der Waals surface area contributed by atoms with Crippen molar-refractivity contribution >= 4 is 0 Å². The molecule has 0 saturated carbocycles. The Balaban J connectivity index is 2.00. The highest BCUT2D eigenvalue weighted by atomic mass is 16.5. The molecule has 5 heteroatoms. The molecule has 0 bridgehead atoms. The van der Waals surface area contributed by atoms with E-state index in [9.17, 15) is 0 Å². The van der Waals surface area contributed by atoms with Gasteiger partial charge in [-0.25, -0.2) is 0 Å². The first-order chi connectivity index (χ1) is 8.60. The summed E-state index contributed by atoms with van der Waals surface area (Å²) in [5.41, 5.74) is 0. The van der Waals surface area contributed by atoms with E-state index in [0.29, 0.717) is 5.89 Å². The minimum atomic E-state index is -0.00166. The molecule has 1 N–H and O–H groups in total. The molecule has 2 atom stereocenters. The van der Waals surface area contributed by atoms with Crippen molar-refractivity contribution in [2.45, 2.75) is 46.2 Å². The molecule has 5 nitrogen and oxygen atoms in total. The van der Waals surface area contributed by atoms with Crippen LogP contribution in [-0.4, -0.2) is 10.1 Å². The van der Waals surface area contributed by atoms with Gasteiger partial charge in [0.25, 0.3) is 0 Å². The molecule has 2 aromatic heterocycles. The number of rotatable bonds is 5. The second-order valence-corrected chi connectivity index (χ2v) is 4.46. The highest BCUT2D eigenvalue weighted by Crippen LogP contribution is 2.20. The van der Waals surface area contributed by atoms with Gasteiger partial charge >= 0.3 is 0 Å². The van der Waals surface area contributed by atoms with Gasteiger partial charge in [0.15, 0.2) is 5.82 Å². The number of nitrogens with zero attached hydrogens (tertiary/aromatic N) is 2. The first kappa shape index (κ1) is 12.8. The van der Waals surface area contributed by atoms with Gasteiger partial charge in [-0.3, -0.25) is 5.32 Å². The maximum Gasteiger partial charge on any atom is 0.243 e. The van der Waals surface area contributed by atoms with Gasteiger partial charge in [-0.15, -0.1) is 0 Å². The van der Waals surface area contributed by atoms with Crippen molar-refractivity contribution in [1.29, 1.82) is 0 Å². The molecule has 0 aliphatic heterocycles. The molecule has 0 radical (unpaired) electrons. The van der Waals surface area contributed by atoms with E-state index in [4.69, 9.17) is 8.94 Å². The standard InChI is InChI=1S/C13H19N3O2/c1-5-12-15-13(18-16-12)10(4)14-9(3)11-7-6-8(2)17-11/h6-7,9-10,14H,5H2,1-4H3/t9-,10-/m1/s1. The third-order valence-electron chi connectivity index (χ3n) is 2.86. The molecule has 0 spiro atoms. The van der Waals surface area contributed by atoms with Crippen molar-refractivity contribution in [2.24, 2.45) is 0 Å². The van der Waals surface area contributed by atoms with E-state index in [1.54, 1.807) is 0 Å². The van der Waals surface area contributed by atoms with Crippen LogP contribution >= 0.6 is 0 Å². The zero-order chi connectivity index (χ0) is 13.1. The molecule has 0 aliphatic rings. The third-order valence-corrected chi connectivity index (χ3v) is 2.86. The number of aryl methyl sites for hydroxylation is 2. The molecule has 2 heterocycles. The van der Waals surface area contributed by atoms with Crippen molar-refractivity contribution in [3.8, 4) is 0 Å². The van der Waals surface area contributed by atoms with Crippen LogP contribution in [0.1, 0.15) is 56.1 Å². The van der Waals surface area contributed by atoms with Gasteiger partial charge in [-0.1, -0.05) is 12.1 Å². The lowest BCUT2D eigenvalue weighted by atomic mass is 10.2. The fourth-order valence-corrected chi connectivity index (χ4v) is 1.80. The predicted molar refractivity (Wildman–Crippen MR) is 67.1 cm³/mol. The summed E-state index contributed by atoms with van der Waals surface area (Å²) in [5.74, 6) is 3.18.